The molecule has 0 spiro atoms. The number of hydrogen-bond donors (Lipinski definition) is 1. The number of likely N-dealkylation sites (N-methyl/N-ethyl adjacent to an activating group) is 1. The summed E-state index contributed by atoms with van der Waals surface area (Å²) >= 11 is 0. The zero-order chi connectivity index (χ0) is 11.4. The molecule has 4 heteroatoms. The topological polar surface area (TPSA) is 39.7 Å². The number of benzene rings is 1. The standard InChI is InChI=1S/C12H17NO3/c1-3-13-7-9-8-15-11-6-4-5-10(14-2)12(11)16-9/h4-6,9,13H,3,7-8H2,1-2H3. The van der Waals surface area contributed by atoms with E-state index in [4.69, 9.17) is 14.2 Å². The Hall–Kier alpha value is -1.42. The Balaban J connectivity index is 2.11. The van der Waals surface area contributed by atoms with Crippen LogP contribution in [0.5, 0.6) is 17.2 Å². The van der Waals surface area contributed by atoms with Gasteiger partial charge in [0.1, 0.15) is 12.7 Å². The van der Waals surface area contributed by atoms with Crippen LogP contribution < -0.4 is 19.5 Å². The first-order valence-electron chi connectivity index (χ1n) is 5.52. The van der Waals surface area contributed by atoms with Gasteiger partial charge in [-0.1, -0.05) is 13.0 Å². The Morgan fingerprint density at radius 1 is 1.50 bits per heavy atom. The van der Waals surface area contributed by atoms with Gasteiger partial charge < -0.3 is 19.5 Å². The molecule has 16 heavy (non-hydrogen) atoms. The fourth-order valence-electron chi connectivity index (χ4n) is 1.68. The fourth-order valence-corrected chi connectivity index (χ4v) is 1.68. The molecule has 0 aromatic heterocycles. The molecule has 2 rings (SSSR count). The first kappa shape index (κ1) is 11.1. The van der Waals surface area contributed by atoms with Crippen LogP contribution in [0, 0.1) is 0 Å². The molecule has 1 atom stereocenters. The average Bonchev–Trinajstić information content (AvgIpc) is 2.35. The second-order valence-electron chi connectivity index (χ2n) is 3.65. The molecule has 0 saturated carbocycles. The highest BCUT2D eigenvalue weighted by molar-refractivity contribution is 5.52. The Labute approximate surface area is 95.5 Å². The summed E-state index contributed by atoms with van der Waals surface area (Å²) in [5.41, 5.74) is 0. The molecule has 1 heterocycles. The van der Waals surface area contributed by atoms with Crippen LogP contribution in [-0.2, 0) is 0 Å². The van der Waals surface area contributed by atoms with Crippen molar-refractivity contribution < 1.29 is 14.2 Å². The minimum absolute atomic E-state index is 0.0451. The van der Waals surface area contributed by atoms with Gasteiger partial charge in [-0.05, 0) is 18.7 Å². The highest BCUT2D eigenvalue weighted by Gasteiger charge is 2.23. The van der Waals surface area contributed by atoms with Crippen molar-refractivity contribution in [2.24, 2.45) is 0 Å². The van der Waals surface area contributed by atoms with Crippen LogP contribution in [0.15, 0.2) is 18.2 Å². The van der Waals surface area contributed by atoms with Gasteiger partial charge in [-0.2, -0.15) is 0 Å². The summed E-state index contributed by atoms with van der Waals surface area (Å²) in [5, 5.41) is 3.24. The molecule has 0 aliphatic carbocycles. The minimum atomic E-state index is 0.0451. The van der Waals surface area contributed by atoms with E-state index in [1.165, 1.54) is 0 Å². The number of rotatable bonds is 4. The molecular formula is C12H17NO3. The predicted octanol–water partition coefficient (Wildman–Crippen LogP) is 1.44. The molecule has 1 N–H and O–H groups in total. The Morgan fingerprint density at radius 3 is 3.12 bits per heavy atom. The number of fused-ring (bicyclic) bond motifs is 1. The Morgan fingerprint density at radius 2 is 2.38 bits per heavy atom. The van der Waals surface area contributed by atoms with Crippen LogP contribution >= 0.6 is 0 Å². The van der Waals surface area contributed by atoms with E-state index >= 15 is 0 Å². The molecule has 4 nitrogen and oxygen atoms in total. The van der Waals surface area contributed by atoms with Crippen molar-refractivity contribution in [3.8, 4) is 17.2 Å². The highest BCUT2D eigenvalue weighted by atomic mass is 16.6. The van der Waals surface area contributed by atoms with Crippen LogP contribution in [0.25, 0.3) is 0 Å². The van der Waals surface area contributed by atoms with Crippen LogP contribution in [0.2, 0.25) is 0 Å². The second-order valence-corrected chi connectivity index (χ2v) is 3.65. The van der Waals surface area contributed by atoms with Crippen LogP contribution in [0.3, 0.4) is 0 Å². The molecular weight excluding hydrogens is 206 g/mol. The van der Waals surface area contributed by atoms with Gasteiger partial charge in [0.25, 0.3) is 0 Å². The summed E-state index contributed by atoms with van der Waals surface area (Å²) in [5.74, 6) is 2.19. The van der Waals surface area contributed by atoms with Gasteiger partial charge in [0.05, 0.1) is 7.11 Å². The van der Waals surface area contributed by atoms with Gasteiger partial charge in [0, 0.05) is 6.54 Å². The lowest BCUT2D eigenvalue weighted by Crippen LogP contribution is -2.38. The van der Waals surface area contributed by atoms with Crippen LogP contribution in [0.1, 0.15) is 6.92 Å². The molecule has 0 bridgehead atoms. The Bertz CT molecular complexity index is 340. The molecule has 0 fully saturated rings. The van der Waals surface area contributed by atoms with Gasteiger partial charge in [-0.25, -0.2) is 0 Å². The van der Waals surface area contributed by atoms with Crippen LogP contribution in [-0.4, -0.2) is 32.9 Å². The fraction of sp³-hybridized carbons (Fsp3) is 0.500. The average molecular weight is 223 g/mol. The molecule has 1 aliphatic rings. The smallest absolute Gasteiger partial charge is 0.204 e. The van der Waals surface area contributed by atoms with Crippen molar-refractivity contribution in [2.75, 3.05) is 26.8 Å². The van der Waals surface area contributed by atoms with Crippen molar-refractivity contribution in [3.05, 3.63) is 18.2 Å². The number of methoxy groups -OCH3 is 1. The molecule has 1 aliphatic heterocycles. The summed E-state index contributed by atoms with van der Waals surface area (Å²) in [6.45, 7) is 4.36. The molecule has 88 valence electrons. The lowest BCUT2D eigenvalue weighted by molar-refractivity contribution is 0.0869. The maximum absolute atomic E-state index is 5.84. The molecule has 0 amide bonds. The summed E-state index contributed by atoms with van der Waals surface area (Å²) < 4.78 is 16.7. The van der Waals surface area contributed by atoms with Crippen molar-refractivity contribution >= 4 is 0 Å². The number of hydrogen-bond acceptors (Lipinski definition) is 4. The molecule has 0 saturated heterocycles. The lowest BCUT2D eigenvalue weighted by Gasteiger charge is -2.27. The largest absolute Gasteiger partial charge is 0.493 e. The lowest BCUT2D eigenvalue weighted by atomic mass is 10.2. The molecule has 1 aromatic carbocycles. The summed E-state index contributed by atoms with van der Waals surface area (Å²) in [7, 11) is 1.63. The normalized spacial score (nSPS) is 18.2. The molecule has 1 unspecified atom stereocenters. The predicted molar refractivity (Wildman–Crippen MR) is 61.4 cm³/mol. The summed E-state index contributed by atoms with van der Waals surface area (Å²) in [6, 6.07) is 5.66. The van der Waals surface area contributed by atoms with Crippen molar-refractivity contribution in [1.82, 2.24) is 5.32 Å². The summed E-state index contributed by atoms with van der Waals surface area (Å²) in [6.07, 6.45) is 0.0451. The monoisotopic (exact) mass is 223 g/mol. The van der Waals surface area contributed by atoms with E-state index in [1.54, 1.807) is 7.11 Å². The van der Waals surface area contributed by atoms with Gasteiger partial charge in [0.2, 0.25) is 5.75 Å². The van der Waals surface area contributed by atoms with E-state index in [0.29, 0.717) is 12.4 Å². The van der Waals surface area contributed by atoms with E-state index in [-0.39, 0.29) is 6.10 Å². The SMILES string of the molecule is CCNCC1COc2cccc(OC)c2O1. The maximum atomic E-state index is 5.84. The molecule has 1 aromatic rings. The van der Waals surface area contributed by atoms with Gasteiger partial charge in [0.15, 0.2) is 11.5 Å². The van der Waals surface area contributed by atoms with Crippen LogP contribution in [0.4, 0.5) is 0 Å². The van der Waals surface area contributed by atoms with Crippen molar-refractivity contribution in [1.29, 1.82) is 0 Å². The van der Waals surface area contributed by atoms with E-state index in [1.807, 2.05) is 18.2 Å². The zero-order valence-electron chi connectivity index (χ0n) is 9.66. The van der Waals surface area contributed by atoms with E-state index < -0.39 is 0 Å². The number of para-hydroxylation sites is 1. The highest BCUT2D eigenvalue weighted by Crippen LogP contribution is 2.39. The third kappa shape index (κ3) is 2.22. The maximum Gasteiger partial charge on any atom is 0.204 e. The Kier molecular flexibility index (Phi) is 3.51. The number of ether oxygens (including phenoxy) is 3. The minimum Gasteiger partial charge on any atom is -0.493 e. The summed E-state index contributed by atoms with van der Waals surface area (Å²) in [4.78, 5) is 0. The van der Waals surface area contributed by atoms with E-state index in [0.717, 1.165) is 24.6 Å². The number of nitrogens with one attached hydrogen (secondary N) is 1. The first-order chi connectivity index (χ1) is 7.85. The van der Waals surface area contributed by atoms with E-state index in [2.05, 4.69) is 12.2 Å². The van der Waals surface area contributed by atoms with Gasteiger partial charge in [-0.3, -0.25) is 0 Å². The third-order valence-corrected chi connectivity index (χ3v) is 2.49. The van der Waals surface area contributed by atoms with Crippen molar-refractivity contribution in [2.45, 2.75) is 13.0 Å². The second kappa shape index (κ2) is 5.07. The van der Waals surface area contributed by atoms with Gasteiger partial charge in [-0.15, -0.1) is 0 Å². The van der Waals surface area contributed by atoms with Gasteiger partial charge >= 0.3 is 0 Å². The van der Waals surface area contributed by atoms with Crippen molar-refractivity contribution in [3.63, 3.8) is 0 Å². The molecule has 0 radical (unpaired) electrons. The van der Waals surface area contributed by atoms with E-state index in [9.17, 15) is 0 Å². The first-order valence-corrected chi connectivity index (χ1v) is 5.52. The third-order valence-electron chi connectivity index (χ3n) is 2.49. The quantitative estimate of drug-likeness (QED) is 0.838. The zero-order valence-corrected chi connectivity index (χ0v) is 9.66.